The molecule has 0 saturated heterocycles. The van der Waals surface area contributed by atoms with E-state index in [1.165, 1.54) is 6.33 Å². The minimum atomic E-state index is -0.636. The average Bonchev–Trinajstić information content (AvgIpc) is 2.02. The molecule has 1 fully saturated rings. The van der Waals surface area contributed by atoms with Crippen LogP contribution in [0.1, 0.15) is 25.0 Å². The SMILES string of the molecule is OC1(c2ccncn2)CCC1. The molecule has 1 heterocycles. The van der Waals surface area contributed by atoms with Crippen LogP contribution >= 0.6 is 0 Å². The highest BCUT2D eigenvalue weighted by Gasteiger charge is 2.37. The lowest BCUT2D eigenvalue weighted by molar-refractivity contribution is -0.0427. The fourth-order valence-corrected chi connectivity index (χ4v) is 1.33. The highest BCUT2D eigenvalue weighted by molar-refractivity contribution is 5.13. The minimum Gasteiger partial charge on any atom is -0.384 e. The lowest BCUT2D eigenvalue weighted by Gasteiger charge is -2.35. The van der Waals surface area contributed by atoms with Crippen molar-refractivity contribution in [1.29, 1.82) is 0 Å². The summed E-state index contributed by atoms with van der Waals surface area (Å²) in [5.41, 5.74) is 0.127. The molecule has 1 aliphatic rings. The Morgan fingerprint density at radius 2 is 2.27 bits per heavy atom. The molecule has 0 radical (unpaired) electrons. The van der Waals surface area contributed by atoms with Gasteiger partial charge in [-0.1, -0.05) is 0 Å². The lowest BCUT2D eigenvalue weighted by atomic mass is 9.78. The molecule has 0 amide bonds. The van der Waals surface area contributed by atoms with Gasteiger partial charge in [0.1, 0.15) is 11.9 Å². The molecule has 2 rings (SSSR count). The topological polar surface area (TPSA) is 46.0 Å². The van der Waals surface area contributed by atoms with E-state index >= 15 is 0 Å². The summed E-state index contributed by atoms with van der Waals surface area (Å²) in [5.74, 6) is 0. The van der Waals surface area contributed by atoms with Crippen LogP contribution in [0.4, 0.5) is 0 Å². The van der Waals surface area contributed by atoms with Gasteiger partial charge in [-0.2, -0.15) is 0 Å². The van der Waals surface area contributed by atoms with E-state index < -0.39 is 5.60 Å². The Bertz CT molecular complexity index is 244. The van der Waals surface area contributed by atoms with Crippen molar-refractivity contribution in [3.63, 3.8) is 0 Å². The molecule has 0 aliphatic heterocycles. The maximum Gasteiger partial charge on any atom is 0.115 e. The molecular formula is C8H10N2O. The number of nitrogens with zero attached hydrogens (tertiary/aromatic N) is 2. The highest BCUT2D eigenvalue weighted by atomic mass is 16.3. The molecular weight excluding hydrogens is 140 g/mol. The molecule has 1 aromatic heterocycles. The van der Waals surface area contributed by atoms with Crippen LogP contribution in [0.3, 0.4) is 0 Å². The summed E-state index contributed by atoms with van der Waals surface area (Å²) in [6.45, 7) is 0. The summed E-state index contributed by atoms with van der Waals surface area (Å²) in [6, 6.07) is 1.78. The van der Waals surface area contributed by atoms with E-state index in [1.807, 2.05) is 0 Å². The van der Waals surface area contributed by atoms with E-state index in [1.54, 1.807) is 12.3 Å². The van der Waals surface area contributed by atoms with Crippen molar-refractivity contribution in [2.24, 2.45) is 0 Å². The molecule has 1 aromatic rings. The smallest absolute Gasteiger partial charge is 0.115 e. The molecule has 58 valence electrons. The molecule has 1 saturated carbocycles. The summed E-state index contributed by atoms with van der Waals surface area (Å²) < 4.78 is 0. The molecule has 3 heteroatoms. The third kappa shape index (κ3) is 1.01. The molecule has 0 spiro atoms. The molecule has 11 heavy (non-hydrogen) atoms. The van der Waals surface area contributed by atoms with Crippen LogP contribution in [0.25, 0.3) is 0 Å². The summed E-state index contributed by atoms with van der Waals surface area (Å²) in [5, 5.41) is 9.79. The van der Waals surface area contributed by atoms with Crippen LogP contribution in [0, 0.1) is 0 Å². The number of hydrogen-bond acceptors (Lipinski definition) is 3. The highest BCUT2D eigenvalue weighted by Crippen LogP contribution is 2.39. The second kappa shape index (κ2) is 2.27. The van der Waals surface area contributed by atoms with E-state index in [-0.39, 0.29) is 0 Å². The van der Waals surface area contributed by atoms with Gasteiger partial charge < -0.3 is 5.11 Å². The zero-order valence-corrected chi connectivity index (χ0v) is 6.20. The van der Waals surface area contributed by atoms with Gasteiger partial charge in [0.05, 0.1) is 5.69 Å². The van der Waals surface area contributed by atoms with Crippen LogP contribution in [0.5, 0.6) is 0 Å². The molecule has 1 aliphatic carbocycles. The third-order valence-electron chi connectivity index (χ3n) is 2.24. The van der Waals surface area contributed by atoms with E-state index in [0.717, 1.165) is 25.0 Å². The Balaban J connectivity index is 2.29. The van der Waals surface area contributed by atoms with Gasteiger partial charge in [-0.3, -0.25) is 0 Å². The van der Waals surface area contributed by atoms with Crippen molar-refractivity contribution >= 4 is 0 Å². The van der Waals surface area contributed by atoms with Crippen molar-refractivity contribution < 1.29 is 5.11 Å². The lowest BCUT2D eigenvalue weighted by Crippen LogP contribution is -2.34. The molecule has 0 aromatic carbocycles. The summed E-state index contributed by atoms with van der Waals surface area (Å²) >= 11 is 0. The molecule has 3 nitrogen and oxygen atoms in total. The first-order valence-corrected chi connectivity index (χ1v) is 3.80. The third-order valence-corrected chi connectivity index (χ3v) is 2.24. The van der Waals surface area contributed by atoms with Crippen LogP contribution < -0.4 is 0 Å². The predicted molar refractivity (Wildman–Crippen MR) is 39.8 cm³/mol. The van der Waals surface area contributed by atoms with Gasteiger partial charge in [-0.15, -0.1) is 0 Å². The van der Waals surface area contributed by atoms with E-state index in [2.05, 4.69) is 9.97 Å². The van der Waals surface area contributed by atoms with Gasteiger partial charge >= 0.3 is 0 Å². The van der Waals surface area contributed by atoms with E-state index in [4.69, 9.17) is 0 Å². The quantitative estimate of drug-likeness (QED) is 0.645. The van der Waals surface area contributed by atoms with Gasteiger partial charge in [-0.25, -0.2) is 9.97 Å². The van der Waals surface area contributed by atoms with Crippen LogP contribution in [-0.4, -0.2) is 15.1 Å². The molecule has 0 unspecified atom stereocenters. The van der Waals surface area contributed by atoms with Crippen molar-refractivity contribution in [1.82, 2.24) is 9.97 Å². The van der Waals surface area contributed by atoms with Gasteiger partial charge in [0.2, 0.25) is 0 Å². The number of aliphatic hydroxyl groups is 1. The monoisotopic (exact) mass is 150 g/mol. The summed E-state index contributed by atoms with van der Waals surface area (Å²) in [7, 11) is 0. The van der Waals surface area contributed by atoms with Crippen molar-refractivity contribution in [3.05, 3.63) is 24.3 Å². The van der Waals surface area contributed by atoms with Crippen LogP contribution in [0.15, 0.2) is 18.6 Å². The van der Waals surface area contributed by atoms with Crippen LogP contribution in [0.2, 0.25) is 0 Å². The predicted octanol–water partition coefficient (Wildman–Crippen LogP) is 0.848. The second-order valence-electron chi connectivity index (χ2n) is 2.98. The first-order chi connectivity index (χ1) is 5.31. The van der Waals surface area contributed by atoms with Gasteiger partial charge in [0.15, 0.2) is 0 Å². The van der Waals surface area contributed by atoms with Crippen molar-refractivity contribution in [2.45, 2.75) is 24.9 Å². The Kier molecular flexibility index (Phi) is 1.39. The fourth-order valence-electron chi connectivity index (χ4n) is 1.33. The van der Waals surface area contributed by atoms with Gasteiger partial charge in [-0.05, 0) is 25.3 Å². The maximum absolute atomic E-state index is 9.79. The molecule has 1 N–H and O–H groups in total. The molecule has 0 bridgehead atoms. The van der Waals surface area contributed by atoms with E-state index in [9.17, 15) is 5.11 Å². The van der Waals surface area contributed by atoms with Crippen LogP contribution in [-0.2, 0) is 5.60 Å². The zero-order valence-electron chi connectivity index (χ0n) is 6.20. The molecule has 0 atom stereocenters. The Morgan fingerprint density at radius 1 is 1.45 bits per heavy atom. The number of aromatic nitrogens is 2. The normalized spacial score (nSPS) is 20.8. The fraction of sp³-hybridized carbons (Fsp3) is 0.500. The van der Waals surface area contributed by atoms with Gasteiger partial charge in [0, 0.05) is 6.20 Å². The Labute approximate surface area is 65.1 Å². The van der Waals surface area contributed by atoms with Crippen molar-refractivity contribution in [2.75, 3.05) is 0 Å². The summed E-state index contributed by atoms with van der Waals surface area (Å²) in [4.78, 5) is 7.81. The Morgan fingerprint density at radius 3 is 2.73 bits per heavy atom. The first-order valence-electron chi connectivity index (χ1n) is 3.80. The Hall–Kier alpha value is -0.960. The minimum absolute atomic E-state index is 0.636. The second-order valence-corrected chi connectivity index (χ2v) is 2.98. The van der Waals surface area contributed by atoms with Crippen molar-refractivity contribution in [3.8, 4) is 0 Å². The first kappa shape index (κ1) is 6.73. The summed E-state index contributed by atoms with van der Waals surface area (Å²) in [6.07, 6.45) is 5.92. The van der Waals surface area contributed by atoms with E-state index in [0.29, 0.717) is 0 Å². The maximum atomic E-state index is 9.79. The number of rotatable bonds is 1. The standard InChI is InChI=1S/C8H10N2O/c11-8(3-1-4-8)7-2-5-9-6-10-7/h2,5-6,11H,1,3-4H2. The average molecular weight is 150 g/mol. The van der Waals surface area contributed by atoms with Gasteiger partial charge in [0.25, 0.3) is 0 Å². The number of hydrogen-bond donors (Lipinski definition) is 1. The largest absolute Gasteiger partial charge is 0.384 e. The zero-order chi connectivity index (χ0) is 7.73.